The summed E-state index contributed by atoms with van der Waals surface area (Å²) in [4.78, 5) is 24.1. The van der Waals surface area contributed by atoms with Gasteiger partial charge >= 0.3 is 0 Å². The van der Waals surface area contributed by atoms with E-state index in [9.17, 15) is 13.8 Å². The molecule has 0 fully saturated rings. The Hall–Kier alpha value is -1.64. The Morgan fingerprint density at radius 1 is 1.45 bits per heavy atom. The number of hydrogen-bond donors (Lipinski definition) is 0. The van der Waals surface area contributed by atoms with Crippen molar-refractivity contribution in [3.05, 3.63) is 34.3 Å². The molecule has 0 aliphatic heterocycles. The van der Waals surface area contributed by atoms with Crippen molar-refractivity contribution in [2.45, 2.75) is 13.5 Å². The molecule has 0 aliphatic rings. The standard InChI is InChI=1S/C14H14ClNO3S/c1-4-16(14(18)9-20(3)19)8-12-6-5-11(10(2)17)7-13(12)15/h1,5-7H,8-9H2,2-3H3. The Morgan fingerprint density at radius 3 is 2.55 bits per heavy atom. The largest absolute Gasteiger partial charge is 0.295 e. The zero-order valence-corrected chi connectivity index (χ0v) is 12.8. The molecule has 1 amide bonds. The number of rotatable bonds is 5. The molecule has 106 valence electrons. The van der Waals surface area contributed by atoms with Gasteiger partial charge < -0.3 is 0 Å². The summed E-state index contributed by atoms with van der Waals surface area (Å²) in [5, 5.41) is 0.364. The number of hydrogen-bond acceptors (Lipinski definition) is 3. The van der Waals surface area contributed by atoms with Crippen LogP contribution in [0.15, 0.2) is 18.2 Å². The van der Waals surface area contributed by atoms with E-state index in [1.165, 1.54) is 19.2 Å². The average Bonchev–Trinajstić information content (AvgIpc) is 2.36. The third-order valence-electron chi connectivity index (χ3n) is 2.57. The summed E-state index contributed by atoms with van der Waals surface area (Å²) in [7, 11) is -1.26. The molecule has 1 rings (SSSR count). The average molecular weight is 312 g/mol. The Bertz CT molecular complexity index is 607. The molecule has 0 spiro atoms. The molecule has 0 aliphatic carbocycles. The van der Waals surface area contributed by atoms with Crippen LogP contribution < -0.4 is 0 Å². The lowest BCUT2D eigenvalue weighted by Crippen LogP contribution is -2.29. The van der Waals surface area contributed by atoms with Crippen LogP contribution in [0, 0.1) is 12.5 Å². The first-order valence-electron chi connectivity index (χ1n) is 5.71. The minimum Gasteiger partial charge on any atom is -0.295 e. The molecule has 1 atom stereocenters. The minimum absolute atomic E-state index is 0.0929. The second kappa shape index (κ2) is 7.22. The maximum absolute atomic E-state index is 11.8. The minimum atomic E-state index is -1.26. The van der Waals surface area contributed by atoms with E-state index < -0.39 is 16.7 Å². The molecule has 20 heavy (non-hydrogen) atoms. The summed E-state index contributed by atoms with van der Waals surface area (Å²) in [6.07, 6.45) is 6.72. The van der Waals surface area contributed by atoms with Crippen molar-refractivity contribution in [3.63, 3.8) is 0 Å². The number of Topliss-reactive ketones (excluding diaryl/α,β-unsaturated/α-hetero) is 1. The van der Waals surface area contributed by atoms with Crippen LogP contribution in [0.4, 0.5) is 0 Å². The molecule has 6 heteroatoms. The molecule has 0 heterocycles. The van der Waals surface area contributed by atoms with Gasteiger partial charge in [0.05, 0.1) is 6.54 Å². The normalized spacial score (nSPS) is 11.5. The predicted octanol–water partition coefficient (Wildman–Crippen LogP) is 1.84. The van der Waals surface area contributed by atoms with Crippen LogP contribution in [0.2, 0.25) is 5.02 Å². The lowest BCUT2D eigenvalue weighted by Gasteiger charge is -2.16. The van der Waals surface area contributed by atoms with Gasteiger partial charge in [-0.1, -0.05) is 30.2 Å². The lowest BCUT2D eigenvalue weighted by atomic mass is 10.1. The number of carbonyl (C=O) groups excluding carboxylic acids is 2. The fourth-order valence-electron chi connectivity index (χ4n) is 1.52. The van der Waals surface area contributed by atoms with Crippen LogP contribution in [0.5, 0.6) is 0 Å². The van der Waals surface area contributed by atoms with Crippen molar-refractivity contribution in [1.29, 1.82) is 0 Å². The fourth-order valence-corrected chi connectivity index (χ4v) is 2.27. The molecule has 0 bridgehead atoms. The highest BCUT2D eigenvalue weighted by molar-refractivity contribution is 7.85. The highest BCUT2D eigenvalue weighted by atomic mass is 35.5. The zero-order chi connectivity index (χ0) is 15.3. The first-order chi connectivity index (χ1) is 9.35. The van der Waals surface area contributed by atoms with Gasteiger partial charge in [0, 0.05) is 33.7 Å². The molecule has 0 saturated heterocycles. The third kappa shape index (κ3) is 4.48. The lowest BCUT2D eigenvalue weighted by molar-refractivity contribution is -0.125. The highest BCUT2D eigenvalue weighted by Crippen LogP contribution is 2.20. The van der Waals surface area contributed by atoms with E-state index in [-0.39, 0.29) is 18.1 Å². The van der Waals surface area contributed by atoms with Crippen LogP contribution in [0.25, 0.3) is 0 Å². The van der Waals surface area contributed by atoms with E-state index in [0.717, 1.165) is 4.90 Å². The summed E-state index contributed by atoms with van der Waals surface area (Å²) in [5.41, 5.74) is 1.12. The number of nitrogens with zero attached hydrogens (tertiary/aromatic N) is 1. The fraction of sp³-hybridized carbons (Fsp3) is 0.286. The highest BCUT2D eigenvalue weighted by Gasteiger charge is 2.15. The monoisotopic (exact) mass is 311 g/mol. The number of halogens is 1. The van der Waals surface area contributed by atoms with E-state index >= 15 is 0 Å². The maximum atomic E-state index is 11.8. The summed E-state index contributed by atoms with van der Waals surface area (Å²) in [5.74, 6) is -0.627. The van der Waals surface area contributed by atoms with Gasteiger partial charge in [0.2, 0.25) is 5.91 Å². The smallest absolute Gasteiger partial charge is 0.246 e. The Balaban J connectivity index is 2.91. The first kappa shape index (κ1) is 16.4. The second-order valence-electron chi connectivity index (χ2n) is 4.19. The molecule has 1 aromatic carbocycles. The van der Waals surface area contributed by atoms with E-state index in [0.29, 0.717) is 16.1 Å². The molecule has 0 radical (unpaired) electrons. The number of terminal acetylenes is 1. The van der Waals surface area contributed by atoms with Gasteiger partial charge in [-0.3, -0.25) is 18.7 Å². The van der Waals surface area contributed by atoms with Gasteiger partial charge in [-0.05, 0) is 18.6 Å². The maximum Gasteiger partial charge on any atom is 0.246 e. The molecule has 0 aromatic heterocycles. The van der Waals surface area contributed by atoms with Crippen molar-refractivity contribution in [3.8, 4) is 12.5 Å². The van der Waals surface area contributed by atoms with Crippen LogP contribution >= 0.6 is 11.6 Å². The van der Waals surface area contributed by atoms with Gasteiger partial charge in [-0.2, -0.15) is 0 Å². The van der Waals surface area contributed by atoms with Crippen molar-refractivity contribution >= 4 is 34.1 Å². The molecular formula is C14H14ClNO3S. The van der Waals surface area contributed by atoms with Crippen LogP contribution in [0.1, 0.15) is 22.8 Å². The van der Waals surface area contributed by atoms with Gasteiger partial charge in [0.25, 0.3) is 0 Å². The second-order valence-corrected chi connectivity index (χ2v) is 6.03. The molecule has 1 aromatic rings. The Kier molecular flexibility index (Phi) is 5.93. The van der Waals surface area contributed by atoms with Crippen molar-refractivity contribution in [2.75, 3.05) is 12.0 Å². The summed E-state index contributed by atoms with van der Waals surface area (Å²) in [6.45, 7) is 1.56. The van der Waals surface area contributed by atoms with Gasteiger partial charge in [-0.25, -0.2) is 0 Å². The van der Waals surface area contributed by atoms with E-state index in [1.807, 2.05) is 0 Å². The SMILES string of the molecule is C#CN(Cc1ccc(C(C)=O)cc1Cl)C(=O)CS(C)=O. The van der Waals surface area contributed by atoms with E-state index in [2.05, 4.69) is 6.04 Å². The van der Waals surface area contributed by atoms with Crippen LogP contribution in [-0.4, -0.2) is 32.8 Å². The van der Waals surface area contributed by atoms with E-state index in [1.54, 1.807) is 12.1 Å². The topological polar surface area (TPSA) is 54.5 Å². The number of benzene rings is 1. The number of amides is 1. The van der Waals surface area contributed by atoms with Crippen LogP contribution in [0.3, 0.4) is 0 Å². The third-order valence-corrected chi connectivity index (χ3v) is 3.58. The summed E-state index contributed by atoms with van der Waals surface area (Å²) >= 11 is 6.07. The van der Waals surface area contributed by atoms with Crippen molar-refractivity contribution in [1.82, 2.24) is 4.90 Å². The summed E-state index contributed by atoms with van der Waals surface area (Å²) < 4.78 is 11.0. The van der Waals surface area contributed by atoms with Crippen molar-refractivity contribution in [2.24, 2.45) is 0 Å². The predicted molar refractivity (Wildman–Crippen MR) is 79.8 cm³/mol. The quantitative estimate of drug-likeness (QED) is 0.474. The van der Waals surface area contributed by atoms with Gasteiger partial charge in [0.1, 0.15) is 5.75 Å². The van der Waals surface area contributed by atoms with Crippen molar-refractivity contribution < 1.29 is 13.8 Å². The number of carbonyl (C=O) groups is 2. The Labute approximate surface area is 125 Å². The van der Waals surface area contributed by atoms with E-state index in [4.69, 9.17) is 18.0 Å². The first-order valence-corrected chi connectivity index (χ1v) is 7.81. The Morgan fingerprint density at radius 2 is 2.10 bits per heavy atom. The molecule has 0 N–H and O–H groups in total. The van der Waals surface area contributed by atoms with Crippen LogP contribution in [-0.2, 0) is 22.1 Å². The molecule has 1 unspecified atom stereocenters. The molecule has 4 nitrogen and oxygen atoms in total. The number of ketones is 1. The van der Waals surface area contributed by atoms with Gasteiger partial charge in [0.15, 0.2) is 5.78 Å². The zero-order valence-electron chi connectivity index (χ0n) is 11.2. The van der Waals surface area contributed by atoms with Gasteiger partial charge in [-0.15, -0.1) is 0 Å². The molecule has 0 saturated carbocycles. The summed E-state index contributed by atoms with van der Waals surface area (Å²) in [6, 6.07) is 7.06. The molecular weight excluding hydrogens is 298 g/mol.